The second-order valence-electron chi connectivity index (χ2n) is 9.19. The largest absolute Gasteiger partial charge is 0.461 e. The van der Waals surface area contributed by atoms with Crippen molar-refractivity contribution in [3.05, 3.63) is 82.2 Å². The summed E-state index contributed by atoms with van der Waals surface area (Å²) in [6.45, 7) is 2.70. The van der Waals surface area contributed by atoms with Crippen LogP contribution in [-0.2, 0) is 17.7 Å². The minimum absolute atomic E-state index is 0.00223. The van der Waals surface area contributed by atoms with Gasteiger partial charge in [-0.3, -0.25) is 19.4 Å². The first kappa shape index (κ1) is 24.4. The van der Waals surface area contributed by atoms with Crippen molar-refractivity contribution in [3.63, 3.8) is 0 Å². The van der Waals surface area contributed by atoms with E-state index >= 15 is 0 Å². The van der Waals surface area contributed by atoms with E-state index in [1.54, 1.807) is 31.2 Å². The monoisotopic (exact) mass is 528 g/mol. The van der Waals surface area contributed by atoms with Crippen molar-refractivity contribution < 1.29 is 23.7 Å². The number of nitrogens with two attached hydrogens (primary N) is 1. The van der Waals surface area contributed by atoms with Gasteiger partial charge < -0.3 is 10.5 Å². The molecule has 0 bridgehead atoms. The number of imide groups is 1. The predicted octanol–water partition coefficient (Wildman–Crippen LogP) is 1.80. The zero-order valence-electron chi connectivity index (χ0n) is 21.0. The van der Waals surface area contributed by atoms with E-state index < -0.39 is 5.97 Å². The Bertz CT molecular complexity index is 1560. The number of esters is 1. The van der Waals surface area contributed by atoms with Crippen LogP contribution in [0.1, 0.15) is 61.0 Å². The number of anilines is 1. The lowest BCUT2D eigenvalue weighted by Crippen LogP contribution is -2.44. The number of fused-ring (bicyclic) bond motifs is 2. The van der Waals surface area contributed by atoms with Gasteiger partial charge in [-0.05, 0) is 46.9 Å². The van der Waals surface area contributed by atoms with Gasteiger partial charge in [-0.1, -0.05) is 41.6 Å². The molecule has 13 heteroatoms. The lowest BCUT2D eigenvalue weighted by Gasteiger charge is -2.38. The van der Waals surface area contributed by atoms with Crippen LogP contribution in [-0.4, -0.2) is 72.6 Å². The van der Waals surface area contributed by atoms with Gasteiger partial charge in [0.2, 0.25) is 11.6 Å². The summed E-state index contributed by atoms with van der Waals surface area (Å²) in [7, 11) is 0. The van der Waals surface area contributed by atoms with Gasteiger partial charge in [-0.2, -0.15) is 4.68 Å². The third kappa shape index (κ3) is 4.12. The minimum Gasteiger partial charge on any atom is -0.461 e. The molecule has 4 aromatic rings. The summed E-state index contributed by atoms with van der Waals surface area (Å²) in [4.78, 5) is 42.6. The van der Waals surface area contributed by atoms with Gasteiger partial charge in [0.1, 0.15) is 0 Å². The maximum atomic E-state index is 13.2. The Balaban J connectivity index is 1.39. The molecule has 2 aliphatic rings. The van der Waals surface area contributed by atoms with Gasteiger partial charge >= 0.3 is 5.97 Å². The Morgan fingerprint density at radius 3 is 2.49 bits per heavy atom. The normalized spacial score (nSPS) is 16.8. The summed E-state index contributed by atoms with van der Waals surface area (Å²) < 4.78 is 11.3. The van der Waals surface area contributed by atoms with Crippen molar-refractivity contribution >= 4 is 23.6 Å². The molecule has 198 valence electrons. The summed E-state index contributed by atoms with van der Waals surface area (Å²) >= 11 is 0. The van der Waals surface area contributed by atoms with Crippen LogP contribution in [0.2, 0.25) is 0 Å². The number of carbonyl (C=O) groups excluding carboxylic acids is 3. The molecule has 0 spiro atoms. The first-order chi connectivity index (χ1) is 19.0. The van der Waals surface area contributed by atoms with E-state index in [-0.39, 0.29) is 54.9 Å². The van der Waals surface area contributed by atoms with Crippen molar-refractivity contribution in [1.82, 2.24) is 35.1 Å². The summed E-state index contributed by atoms with van der Waals surface area (Å²) in [5.74, 6) is -1.26. The second kappa shape index (κ2) is 9.76. The van der Waals surface area contributed by atoms with E-state index in [0.29, 0.717) is 23.4 Å². The van der Waals surface area contributed by atoms with E-state index in [0.717, 1.165) is 17.5 Å². The highest BCUT2D eigenvalue weighted by Gasteiger charge is 2.40. The quantitative estimate of drug-likeness (QED) is 0.275. The number of hydrogen-bond acceptors (Lipinski definition) is 11. The number of benzene rings is 2. The van der Waals surface area contributed by atoms with Crippen LogP contribution in [0.4, 0.5) is 5.82 Å². The smallest absolute Gasteiger partial charge is 0.360 e. The second-order valence-corrected chi connectivity index (χ2v) is 9.19. The molecule has 0 saturated carbocycles. The van der Waals surface area contributed by atoms with Gasteiger partial charge in [-0.15, -0.1) is 5.10 Å². The lowest BCUT2D eigenvalue weighted by molar-refractivity contribution is 0.0515. The van der Waals surface area contributed by atoms with Crippen LogP contribution < -0.4 is 5.73 Å². The fraction of sp³-hybridized carbons (Fsp3) is 0.269. The summed E-state index contributed by atoms with van der Waals surface area (Å²) in [5, 5.41) is 15.6. The van der Waals surface area contributed by atoms with Crippen LogP contribution in [0.15, 0.2) is 53.2 Å². The molecule has 0 fully saturated rings. The van der Waals surface area contributed by atoms with E-state index in [2.05, 4.69) is 25.5 Å². The Kier molecular flexibility index (Phi) is 6.11. The van der Waals surface area contributed by atoms with Crippen LogP contribution in [0.3, 0.4) is 0 Å². The summed E-state index contributed by atoms with van der Waals surface area (Å²) in [5.41, 5.74) is 9.17. The summed E-state index contributed by atoms with van der Waals surface area (Å²) in [6.07, 6.45) is 0.721. The molecule has 6 rings (SSSR count). The zero-order valence-corrected chi connectivity index (χ0v) is 21.0. The first-order valence-electron chi connectivity index (χ1n) is 12.4. The fourth-order valence-corrected chi connectivity index (χ4v) is 5.19. The highest BCUT2D eigenvalue weighted by atomic mass is 16.6. The molecule has 2 N–H and O–H groups in total. The molecular formula is C26H24N8O5. The number of nitrogens with zero attached hydrogens (tertiary/aromatic N) is 7. The van der Waals surface area contributed by atoms with E-state index in [1.165, 1.54) is 9.58 Å². The summed E-state index contributed by atoms with van der Waals surface area (Å²) in [6, 6.07) is 14.4. The molecule has 2 aromatic heterocycles. The van der Waals surface area contributed by atoms with Crippen LogP contribution >= 0.6 is 0 Å². The molecule has 1 atom stereocenters. The number of amides is 2. The Labute approximate surface area is 222 Å². The average Bonchev–Trinajstić information content (AvgIpc) is 3.62. The number of hydrogen-bond donors (Lipinski definition) is 1. The highest BCUT2D eigenvalue weighted by Crippen LogP contribution is 2.34. The molecule has 1 unspecified atom stereocenters. The minimum atomic E-state index is -0.650. The molecule has 2 aliphatic heterocycles. The number of carbonyl (C=O) groups is 3. The zero-order chi connectivity index (χ0) is 27.1. The van der Waals surface area contributed by atoms with Crippen molar-refractivity contribution in [2.75, 3.05) is 25.4 Å². The molecule has 0 saturated heterocycles. The van der Waals surface area contributed by atoms with E-state index in [4.69, 9.17) is 15.1 Å². The number of rotatable bonds is 7. The topological polar surface area (TPSA) is 163 Å². The van der Waals surface area contributed by atoms with E-state index in [1.807, 2.05) is 24.3 Å². The van der Waals surface area contributed by atoms with Gasteiger partial charge in [-0.25, -0.2) is 9.42 Å². The molecule has 13 nitrogen and oxygen atoms in total. The molecule has 0 aliphatic carbocycles. The maximum Gasteiger partial charge on any atom is 0.360 e. The Morgan fingerprint density at radius 2 is 1.79 bits per heavy atom. The Hall–Kier alpha value is -4.91. The molecule has 0 radical (unpaired) electrons. The third-order valence-corrected chi connectivity index (χ3v) is 7.04. The third-order valence-electron chi connectivity index (χ3n) is 7.04. The number of ether oxygens (including phenoxy) is 1. The first-order valence-corrected chi connectivity index (χ1v) is 12.4. The molecule has 2 aromatic carbocycles. The van der Waals surface area contributed by atoms with Gasteiger partial charge in [0, 0.05) is 19.6 Å². The van der Waals surface area contributed by atoms with Crippen LogP contribution in [0.25, 0.3) is 5.82 Å². The van der Waals surface area contributed by atoms with Crippen molar-refractivity contribution in [2.45, 2.75) is 25.9 Å². The van der Waals surface area contributed by atoms with Gasteiger partial charge in [0.25, 0.3) is 11.8 Å². The lowest BCUT2D eigenvalue weighted by atomic mass is 9.92. The fourth-order valence-electron chi connectivity index (χ4n) is 5.19. The van der Waals surface area contributed by atoms with Gasteiger partial charge in [0.05, 0.1) is 29.5 Å². The Morgan fingerprint density at radius 1 is 1.08 bits per heavy atom. The van der Waals surface area contributed by atoms with E-state index in [9.17, 15) is 14.4 Å². The predicted molar refractivity (Wildman–Crippen MR) is 135 cm³/mol. The molecule has 2 amide bonds. The van der Waals surface area contributed by atoms with Gasteiger partial charge in [0.15, 0.2) is 5.69 Å². The maximum absolute atomic E-state index is 13.2. The number of aromatic nitrogens is 5. The van der Waals surface area contributed by atoms with Crippen LogP contribution in [0, 0.1) is 0 Å². The number of nitrogen functional groups attached to an aromatic ring is 1. The standard InChI is InChI=1S/C26H24N8O5/c1-2-38-26(37)21-20(34(31-28-21)23-22(27)29-39-30-23)13-32-12-11-15-7-3-4-8-16(15)19(32)14-33-24(35)17-9-5-6-10-18(17)25(33)36/h3-10,19H,2,11-14H2,1H3,(H2,27,29). The molecular weight excluding hydrogens is 504 g/mol. The van der Waals surface area contributed by atoms with Crippen LogP contribution in [0.5, 0.6) is 0 Å². The highest BCUT2D eigenvalue weighted by molar-refractivity contribution is 6.21. The SMILES string of the molecule is CCOC(=O)c1nnn(-c2nonc2N)c1CN1CCc2ccccc2C1CN1C(=O)c2ccccc2C1=O. The van der Waals surface area contributed by atoms with Crippen molar-refractivity contribution in [1.29, 1.82) is 0 Å². The molecule has 39 heavy (non-hydrogen) atoms. The van der Waals surface area contributed by atoms with Crippen molar-refractivity contribution in [2.24, 2.45) is 0 Å². The average molecular weight is 529 g/mol. The molecule has 4 heterocycles. The van der Waals surface area contributed by atoms with Crippen molar-refractivity contribution in [3.8, 4) is 5.82 Å².